The van der Waals surface area contributed by atoms with Gasteiger partial charge in [0, 0.05) is 0 Å². The molecule has 2 aromatic rings. The van der Waals surface area contributed by atoms with Crippen molar-refractivity contribution in [2.24, 2.45) is 0 Å². The molecule has 0 fully saturated rings. The van der Waals surface area contributed by atoms with E-state index in [0.29, 0.717) is 5.82 Å². The highest BCUT2D eigenvalue weighted by Crippen LogP contribution is 2.24. The summed E-state index contributed by atoms with van der Waals surface area (Å²) >= 11 is 0. The van der Waals surface area contributed by atoms with E-state index in [4.69, 9.17) is 15.7 Å². The normalized spacial score (nSPS) is 10.2. The topological polar surface area (TPSA) is 93.9 Å². The monoisotopic (exact) mass is 288 g/mol. The fraction of sp³-hybridized carbons (Fsp3) is 0.214. The molecule has 2 N–H and O–H groups in total. The molecule has 1 aromatic carbocycles. The average molecular weight is 288 g/mol. The van der Waals surface area contributed by atoms with Gasteiger partial charge in [-0.2, -0.15) is 5.26 Å². The van der Waals surface area contributed by atoms with Gasteiger partial charge in [-0.1, -0.05) is 0 Å². The lowest BCUT2D eigenvalue weighted by molar-refractivity contribution is 0.0521. The first kappa shape index (κ1) is 14.5. The number of nitriles is 1. The average Bonchev–Trinajstić information content (AvgIpc) is 2.75. The molecule has 108 valence electrons. The molecule has 0 bridgehead atoms. The van der Waals surface area contributed by atoms with Crippen LogP contribution in [0.4, 0.5) is 10.2 Å². The molecule has 7 heteroatoms. The summed E-state index contributed by atoms with van der Waals surface area (Å²) < 4.78 is 20.2. The number of nitrogen functional groups attached to an aromatic ring is 1. The molecular weight excluding hydrogens is 275 g/mol. The highest BCUT2D eigenvalue weighted by Gasteiger charge is 2.22. The van der Waals surface area contributed by atoms with Crippen molar-refractivity contribution >= 4 is 11.8 Å². The molecule has 0 radical (unpaired) electrons. The number of benzene rings is 1. The van der Waals surface area contributed by atoms with Crippen LogP contribution in [0.15, 0.2) is 18.2 Å². The Balaban J connectivity index is 2.56. The number of halogens is 1. The number of hydrogen-bond donors (Lipinski definition) is 1. The third-order valence-electron chi connectivity index (χ3n) is 2.87. The zero-order valence-electron chi connectivity index (χ0n) is 11.6. The summed E-state index contributed by atoms with van der Waals surface area (Å²) in [6.45, 7) is 3.45. The van der Waals surface area contributed by atoms with Crippen LogP contribution >= 0.6 is 0 Å². The Labute approximate surface area is 120 Å². The lowest BCUT2D eigenvalue weighted by atomic mass is 10.2. The molecular formula is C14H13FN4O2. The molecule has 6 nitrogen and oxygen atoms in total. The summed E-state index contributed by atoms with van der Waals surface area (Å²) in [4.78, 5) is 15.8. The van der Waals surface area contributed by atoms with Crippen LogP contribution in [0.2, 0.25) is 0 Å². The molecule has 0 aliphatic rings. The molecule has 1 aromatic heterocycles. The summed E-state index contributed by atoms with van der Waals surface area (Å²) in [6, 6.07) is 5.81. The molecule has 0 aliphatic carbocycles. The maximum atomic E-state index is 14.1. The number of imidazole rings is 1. The van der Waals surface area contributed by atoms with E-state index in [-0.39, 0.29) is 29.4 Å². The third-order valence-corrected chi connectivity index (χ3v) is 2.87. The first-order valence-electron chi connectivity index (χ1n) is 6.21. The van der Waals surface area contributed by atoms with Crippen molar-refractivity contribution < 1.29 is 13.9 Å². The smallest absolute Gasteiger partial charge is 0.360 e. The Morgan fingerprint density at radius 1 is 1.57 bits per heavy atom. The maximum absolute atomic E-state index is 14.1. The Bertz CT molecular complexity index is 746. The third kappa shape index (κ3) is 2.56. The minimum Gasteiger partial charge on any atom is -0.461 e. The number of ether oxygens (including phenoxy) is 1. The highest BCUT2D eigenvalue weighted by molar-refractivity contribution is 5.92. The Kier molecular flexibility index (Phi) is 3.89. The fourth-order valence-corrected chi connectivity index (χ4v) is 1.96. The molecule has 0 aliphatic heterocycles. The number of esters is 1. The van der Waals surface area contributed by atoms with E-state index in [0.717, 1.165) is 6.07 Å². The van der Waals surface area contributed by atoms with Crippen molar-refractivity contribution in [1.29, 1.82) is 5.26 Å². The maximum Gasteiger partial charge on any atom is 0.360 e. The van der Waals surface area contributed by atoms with Crippen LogP contribution in [-0.2, 0) is 4.74 Å². The predicted molar refractivity (Wildman–Crippen MR) is 73.3 cm³/mol. The molecule has 0 atom stereocenters. The first-order valence-corrected chi connectivity index (χ1v) is 6.21. The quantitative estimate of drug-likeness (QED) is 0.871. The Morgan fingerprint density at radius 3 is 2.86 bits per heavy atom. The fourth-order valence-electron chi connectivity index (χ4n) is 1.96. The number of carbonyl (C=O) groups is 1. The highest BCUT2D eigenvalue weighted by atomic mass is 19.1. The SMILES string of the molecule is CCOC(=O)c1nc(C)n(-c2ccc(C#N)cc2F)c1N. The number of nitrogens with two attached hydrogens (primary N) is 1. The van der Waals surface area contributed by atoms with Crippen molar-refractivity contribution in [3.63, 3.8) is 0 Å². The molecule has 0 spiro atoms. The molecule has 21 heavy (non-hydrogen) atoms. The lowest BCUT2D eigenvalue weighted by Crippen LogP contribution is -2.10. The second-order valence-corrected chi connectivity index (χ2v) is 4.23. The number of hydrogen-bond acceptors (Lipinski definition) is 5. The Morgan fingerprint density at radius 2 is 2.29 bits per heavy atom. The van der Waals surface area contributed by atoms with Crippen LogP contribution in [0.3, 0.4) is 0 Å². The van der Waals surface area contributed by atoms with Gasteiger partial charge in [0.1, 0.15) is 17.5 Å². The van der Waals surface area contributed by atoms with Gasteiger partial charge in [0.25, 0.3) is 0 Å². The van der Waals surface area contributed by atoms with Gasteiger partial charge in [0.15, 0.2) is 5.69 Å². The molecule has 0 amide bonds. The number of anilines is 1. The number of aromatic nitrogens is 2. The largest absolute Gasteiger partial charge is 0.461 e. The zero-order chi connectivity index (χ0) is 15.6. The first-order chi connectivity index (χ1) is 9.99. The predicted octanol–water partition coefficient (Wildman–Crippen LogP) is 1.95. The number of aryl methyl sites for hydroxylation is 1. The van der Waals surface area contributed by atoms with Crippen LogP contribution in [0.1, 0.15) is 28.8 Å². The van der Waals surface area contributed by atoms with Gasteiger partial charge in [-0.25, -0.2) is 14.2 Å². The summed E-state index contributed by atoms with van der Waals surface area (Å²) in [6.07, 6.45) is 0. The van der Waals surface area contributed by atoms with Gasteiger partial charge in [-0.05, 0) is 32.0 Å². The van der Waals surface area contributed by atoms with Crippen molar-refractivity contribution in [3.8, 4) is 11.8 Å². The number of nitrogens with zero attached hydrogens (tertiary/aromatic N) is 3. The van der Waals surface area contributed by atoms with E-state index >= 15 is 0 Å². The van der Waals surface area contributed by atoms with Gasteiger partial charge in [-0.15, -0.1) is 0 Å². The zero-order valence-corrected chi connectivity index (χ0v) is 11.6. The van der Waals surface area contributed by atoms with Crippen molar-refractivity contribution in [1.82, 2.24) is 9.55 Å². The summed E-state index contributed by atoms with van der Waals surface area (Å²) in [5.41, 5.74) is 6.13. The minimum atomic E-state index is -0.661. The summed E-state index contributed by atoms with van der Waals surface area (Å²) in [5, 5.41) is 8.75. The van der Waals surface area contributed by atoms with E-state index in [1.807, 2.05) is 6.07 Å². The summed E-state index contributed by atoms with van der Waals surface area (Å²) in [7, 11) is 0. The van der Waals surface area contributed by atoms with Crippen molar-refractivity contribution in [2.45, 2.75) is 13.8 Å². The lowest BCUT2D eigenvalue weighted by Gasteiger charge is -2.09. The summed E-state index contributed by atoms with van der Waals surface area (Å²) in [5.74, 6) is -0.948. The molecule has 0 saturated carbocycles. The van der Waals surface area contributed by atoms with Gasteiger partial charge >= 0.3 is 5.97 Å². The van der Waals surface area contributed by atoms with E-state index in [2.05, 4.69) is 4.98 Å². The molecule has 0 saturated heterocycles. The van der Waals surface area contributed by atoms with Gasteiger partial charge < -0.3 is 10.5 Å². The van der Waals surface area contributed by atoms with E-state index in [9.17, 15) is 9.18 Å². The van der Waals surface area contributed by atoms with Gasteiger partial charge in [-0.3, -0.25) is 4.57 Å². The molecule has 1 heterocycles. The van der Waals surface area contributed by atoms with Crippen molar-refractivity contribution in [2.75, 3.05) is 12.3 Å². The van der Waals surface area contributed by atoms with E-state index in [1.54, 1.807) is 13.8 Å². The van der Waals surface area contributed by atoms with Crippen molar-refractivity contribution in [3.05, 3.63) is 41.1 Å². The second-order valence-electron chi connectivity index (χ2n) is 4.23. The molecule has 2 rings (SSSR count). The van der Waals surface area contributed by atoms with Crippen LogP contribution in [0.25, 0.3) is 5.69 Å². The van der Waals surface area contributed by atoms with Gasteiger partial charge in [0.2, 0.25) is 0 Å². The Hall–Kier alpha value is -2.88. The van der Waals surface area contributed by atoms with Crippen LogP contribution in [0.5, 0.6) is 0 Å². The number of carbonyl (C=O) groups excluding carboxylic acids is 1. The van der Waals surface area contributed by atoms with Crippen LogP contribution < -0.4 is 5.73 Å². The second kappa shape index (κ2) is 5.63. The number of rotatable bonds is 3. The standard InChI is InChI=1S/C14H13FN4O2/c1-3-21-14(20)12-13(17)19(8(2)18-12)11-5-4-9(7-16)6-10(11)15/h4-6H,3,17H2,1-2H3. The molecule has 0 unspecified atom stereocenters. The van der Waals surface area contributed by atoms with E-state index < -0.39 is 11.8 Å². The van der Waals surface area contributed by atoms with Gasteiger partial charge in [0.05, 0.1) is 23.9 Å². The van der Waals surface area contributed by atoms with Crippen LogP contribution in [0, 0.1) is 24.1 Å². The van der Waals surface area contributed by atoms with E-state index in [1.165, 1.54) is 16.7 Å². The van der Waals surface area contributed by atoms with Crippen LogP contribution in [-0.4, -0.2) is 22.1 Å². The minimum absolute atomic E-state index is 0.00504.